The number of likely N-dealkylation sites (tertiary alicyclic amines) is 1. The zero-order chi connectivity index (χ0) is 13.7. The van der Waals surface area contributed by atoms with E-state index < -0.39 is 0 Å². The van der Waals surface area contributed by atoms with Crippen molar-refractivity contribution in [3.63, 3.8) is 0 Å². The Bertz CT molecular complexity index is 258. The summed E-state index contributed by atoms with van der Waals surface area (Å²) in [7, 11) is 0. The van der Waals surface area contributed by atoms with Crippen molar-refractivity contribution in [1.29, 1.82) is 0 Å². The average molecular weight is 266 g/mol. The third-order valence-electron chi connectivity index (χ3n) is 5.80. The van der Waals surface area contributed by atoms with E-state index in [4.69, 9.17) is 5.73 Å². The standard InChI is InChI=1S/C17H34N2/c1-3-5-16-6-4-10-17(14-18,11-7-16)19-12-8-15(2)9-13-19/h15-16H,3-14,18H2,1-2H3. The Labute approximate surface area is 120 Å². The van der Waals surface area contributed by atoms with Gasteiger partial charge < -0.3 is 5.73 Å². The summed E-state index contributed by atoms with van der Waals surface area (Å²) in [5, 5.41) is 0. The molecule has 0 radical (unpaired) electrons. The zero-order valence-electron chi connectivity index (χ0n) is 13.2. The summed E-state index contributed by atoms with van der Waals surface area (Å²) in [5.74, 6) is 1.90. The summed E-state index contributed by atoms with van der Waals surface area (Å²) in [4.78, 5) is 2.77. The Morgan fingerprint density at radius 1 is 1.11 bits per heavy atom. The molecule has 2 heteroatoms. The van der Waals surface area contributed by atoms with E-state index in [1.807, 2.05) is 0 Å². The van der Waals surface area contributed by atoms with Gasteiger partial charge in [0, 0.05) is 12.1 Å². The van der Waals surface area contributed by atoms with E-state index >= 15 is 0 Å². The minimum Gasteiger partial charge on any atom is -0.329 e. The molecule has 0 bridgehead atoms. The Kier molecular flexibility index (Phi) is 5.70. The Hall–Kier alpha value is -0.0800. The van der Waals surface area contributed by atoms with Crippen LogP contribution in [-0.4, -0.2) is 30.1 Å². The highest BCUT2D eigenvalue weighted by atomic mass is 15.2. The van der Waals surface area contributed by atoms with Gasteiger partial charge in [-0.25, -0.2) is 0 Å². The first kappa shape index (κ1) is 15.3. The second-order valence-corrected chi connectivity index (χ2v) is 7.18. The Morgan fingerprint density at radius 2 is 1.84 bits per heavy atom. The van der Waals surface area contributed by atoms with Crippen LogP contribution in [0.5, 0.6) is 0 Å². The number of nitrogens with zero attached hydrogens (tertiary/aromatic N) is 1. The van der Waals surface area contributed by atoms with Crippen molar-refractivity contribution >= 4 is 0 Å². The summed E-state index contributed by atoms with van der Waals surface area (Å²) >= 11 is 0. The van der Waals surface area contributed by atoms with Gasteiger partial charge in [0.15, 0.2) is 0 Å². The lowest BCUT2D eigenvalue weighted by atomic mass is 9.84. The molecular formula is C17H34N2. The zero-order valence-corrected chi connectivity index (χ0v) is 13.2. The molecule has 2 rings (SSSR count). The number of piperidine rings is 1. The van der Waals surface area contributed by atoms with Gasteiger partial charge in [0.1, 0.15) is 0 Å². The third-order valence-corrected chi connectivity index (χ3v) is 5.80. The molecule has 0 aromatic heterocycles. The largest absolute Gasteiger partial charge is 0.329 e. The van der Waals surface area contributed by atoms with Crippen LogP contribution >= 0.6 is 0 Å². The summed E-state index contributed by atoms with van der Waals surface area (Å²) in [6, 6.07) is 0. The summed E-state index contributed by atoms with van der Waals surface area (Å²) in [6.45, 7) is 8.18. The third kappa shape index (κ3) is 3.72. The predicted molar refractivity (Wildman–Crippen MR) is 83.2 cm³/mol. The van der Waals surface area contributed by atoms with Crippen LogP contribution in [0.25, 0.3) is 0 Å². The van der Waals surface area contributed by atoms with Gasteiger partial charge >= 0.3 is 0 Å². The van der Waals surface area contributed by atoms with Crippen molar-refractivity contribution in [1.82, 2.24) is 4.90 Å². The van der Waals surface area contributed by atoms with Gasteiger partial charge in [-0.05, 0) is 57.0 Å². The minimum atomic E-state index is 0.350. The van der Waals surface area contributed by atoms with Gasteiger partial charge in [0.2, 0.25) is 0 Å². The van der Waals surface area contributed by atoms with Crippen LogP contribution in [0.15, 0.2) is 0 Å². The summed E-state index contributed by atoms with van der Waals surface area (Å²) in [6.07, 6.45) is 12.5. The fourth-order valence-corrected chi connectivity index (χ4v) is 4.29. The molecule has 2 atom stereocenters. The molecule has 1 aliphatic heterocycles. The molecule has 0 amide bonds. The SMILES string of the molecule is CCCC1CCCC(CN)(N2CCC(C)CC2)CC1. The van der Waals surface area contributed by atoms with Crippen LogP contribution in [0.1, 0.15) is 71.6 Å². The van der Waals surface area contributed by atoms with Crippen LogP contribution in [0.2, 0.25) is 0 Å². The van der Waals surface area contributed by atoms with Gasteiger partial charge in [0.25, 0.3) is 0 Å². The number of nitrogens with two attached hydrogens (primary N) is 1. The Balaban J connectivity index is 1.97. The van der Waals surface area contributed by atoms with Crippen molar-refractivity contribution in [2.24, 2.45) is 17.6 Å². The summed E-state index contributed by atoms with van der Waals surface area (Å²) < 4.78 is 0. The molecule has 2 fully saturated rings. The van der Waals surface area contributed by atoms with Crippen LogP contribution in [-0.2, 0) is 0 Å². The second-order valence-electron chi connectivity index (χ2n) is 7.18. The molecular weight excluding hydrogens is 232 g/mol. The van der Waals surface area contributed by atoms with Gasteiger partial charge in [-0.15, -0.1) is 0 Å². The van der Waals surface area contributed by atoms with Crippen molar-refractivity contribution < 1.29 is 0 Å². The molecule has 1 aliphatic carbocycles. The van der Waals surface area contributed by atoms with E-state index in [0.717, 1.165) is 18.4 Å². The average Bonchev–Trinajstić information content (AvgIpc) is 2.64. The van der Waals surface area contributed by atoms with Crippen molar-refractivity contribution in [3.8, 4) is 0 Å². The monoisotopic (exact) mass is 266 g/mol. The number of rotatable bonds is 4. The smallest absolute Gasteiger partial charge is 0.0331 e. The first-order valence-electron chi connectivity index (χ1n) is 8.65. The molecule has 1 heterocycles. The molecule has 0 spiro atoms. The summed E-state index contributed by atoms with van der Waals surface area (Å²) in [5.41, 5.74) is 6.60. The van der Waals surface area contributed by atoms with Crippen molar-refractivity contribution in [2.45, 2.75) is 77.2 Å². The highest BCUT2D eigenvalue weighted by molar-refractivity contribution is 4.95. The van der Waals surface area contributed by atoms with E-state index in [9.17, 15) is 0 Å². The molecule has 0 aromatic rings. The van der Waals surface area contributed by atoms with Crippen LogP contribution in [0, 0.1) is 11.8 Å². The quantitative estimate of drug-likeness (QED) is 0.784. The molecule has 112 valence electrons. The van der Waals surface area contributed by atoms with Crippen molar-refractivity contribution in [3.05, 3.63) is 0 Å². The first-order chi connectivity index (χ1) is 9.20. The molecule has 1 saturated carbocycles. The fraction of sp³-hybridized carbons (Fsp3) is 1.00. The lowest BCUT2D eigenvalue weighted by molar-refractivity contribution is 0.0446. The molecule has 19 heavy (non-hydrogen) atoms. The lowest BCUT2D eigenvalue weighted by Gasteiger charge is -2.46. The van der Waals surface area contributed by atoms with E-state index in [1.165, 1.54) is 70.9 Å². The van der Waals surface area contributed by atoms with Gasteiger partial charge in [0.05, 0.1) is 0 Å². The number of hydrogen-bond donors (Lipinski definition) is 1. The maximum absolute atomic E-state index is 6.25. The maximum atomic E-state index is 6.25. The number of hydrogen-bond acceptors (Lipinski definition) is 2. The fourth-order valence-electron chi connectivity index (χ4n) is 4.29. The van der Waals surface area contributed by atoms with E-state index in [-0.39, 0.29) is 0 Å². The van der Waals surface area contributed by atoms with E-state index in [2.05, 4.69) is 18.7 Å². The normalized spacial score (nSPS) is 35.2. The predicted octanol–water partition coefficient (Wildman–Crippen LogP) is 3.80. The molecule has 1 saturated heterocycles. The van der Waals surface area contributed by atoms with E-state index in [1.54, 1.807) is 0 Å². The minimum absolute atomic E-state index is 0.350. The molecule has 2 N–H and O–H groups in total. The lowest BCUT2D eigenvalue weighted by Crippen LogP contribution is -2.56. The van der Waals surface area contributed by atoms with Crippen molar-refractivity contribution in [2.75, 3.05) is 19.6 Å². The molecule has 2 aliphatic rings. The van der Waals surface area contributed by atoms with Gasteiger partial charge in [-0.2, -0.15) is 0 Å². The van der Waals surface area contributed by atoms with Gasteiger partial charge in [-0.1, -0.05) is 39.5 Å². The maximum Gasteiger partial charge on any atom is 0.0331 e. The van der Waals surface area contributed by atoms with Gasteiger partial charge in [-0.3, -0.25) is 4.90 Å². The van der Waals surface area contributed by atoms with Crippen LogP contribution in [0.3, 0.4) is 0 Å². The van der Waals surface area contributed by atoms with Crippen LogP contribution < -0.4 is 5.73 Å². The highest BCUT2D eigenvalue weighted by Crippen LogP contribution is 2.37. The van der Waals surface area contributed by atoms with Crippen LogP contribution in [0.4, 0.5) is 0 Å². The first-order valence-corrected chi connectivity index (χ1v) is 8.65. The highest BCUT2D eigenvalue weighted by Gasteiger charge is 2.38. The second kappa shape index (κ2) is 7.08. The topological polar surface area (TPSA) is 29.3 Å². The Morgan fingerprint density at radius 3 is 2.47 bits per heavy atom. The van der Waals surface area contributed by atoms with E-state index in [0.29, 0.717) is 5.54 Å². The molecule has 0 aromatic carbocycles. The molecule has 2 unspecified atom stereocenters. The molecule has 2 nitrogen and oxygen atoms in total.